The molecule has 5 heteroatoms. The molecule has 1 heterocycles. The monoisotopic (exact) mass is 621 g/mol. The minimum Gasteiger partial charge on any atom is -0.364 e. The zero-order chi connectivity index (χ0) is 33.8. The summed E-state index contributed by atoms with van der Waals surface area (Å²) in [6.07, 6.45) is 1.82. The Balaban J connectivity index is 0.00000139. The number of halogens is 1. The molecule has 0 aromatic heterocycles. The van der Waals surface area contributed by atoms with Crippen molar-refractivity contribution in [2.24, 2.45) is 5.92 Å². The largest absolute Gasteiger partial charge is 0.364 e. The van der Waals surface area contributed by atoms with E-state index in [4.69, 9.17) is 5.41 Å². The number of benzene rings is 4. The molecule has 0 saturated carbocycles. The summed E-state index contributed by atoms with van der Waals surface area (Å²) in [4.78, 5) is 17.9. The number of amides is 1. The first kappa shape index (κ1) is 36.2. The Morgan fingerprint density at radius 2 is 1.46 bits per heavy atom. The first-order valence-corrected chi connectivity index (χ1v) is 16.8. The van der Waals surface area contributed by atoms with Crippen molar-refractivity contribution in [3.05, 3.63) is 136 Å². The fourth-order valence-corrected chi connectivity index (χ4v) is 6.14. The molecule has 0 aliphatic carbocycles. The Morgan fingerprint density at radius 1 is 0.826 bits per heavy atom. The predicted molar refractivity (Wildman–Crippen MR) is 193 cm³/mol. The zero-order valence-electron chi connectivity index (χ0n) is 29.0. The molecule has 0 bridgehead atoms. The van der Waals surface area contributed by atoms with Gasteiger partial charge in [0.1, 0.15) is 5.82 Å². The number of nitrogens with zero attached hydrogens (tertiary/aromatic N) is 2. The molecule has 1 amide bonds. The number of hydrogen-bond acceptors (Lipinski definition) is 3. The first-order valence-electron chi connectivity index (χ1n) is 16.8. The molecule has 0 spiro atoms. The highest BCUT2D eigenvalue weighted by Gasteiger charge is 2.31. The van der Waals surface area contributed by atoms with Gasteiger partial charge >= 0.3 is 0 Å². The van der Waals surface area contributed by atoms with Crippen molar-refractivity contribution in [3.8, 4) is 0 Å². The molecular formula is C41H52FN3O. The Hall–Kier alpha value is -4.25. The molecule has 1 N–H and O–H groups in total. The summed E-state index contributed by atoms with van der Waals surface area (Å²) >= 11 is 0. The van der Waals surface area contributed by atoms with E-state index in [0.717, 1.165) is 40.7 Å². The molecule has 1 aliphatic rings. The molecular weight excluding hydrogens is 569 g/mol. The number of nitrogens with one attached hydrogen (secondary N) is 1. The van der Waals surface area contributed by atoms with Crippen LogP contribution in [0.25, 0.3) is 0 Å². The van der Waals surface area contributed by atoms with Crippen molar-refractivity contribution in [2.75, 3.05) is 18.0 Å². The maximum Gasteiger partial charge on any atom is 0.253 e. The second-order valence-corrected chi connectivity index (χ2v) is 11.7. The third kappa shape index (κ3) is 8.93. The number of aryl methyl sites for hydroxylation is 3. The lowest BCUT2D eigenvalue weighted by Gasteiger charge is -2.41. The van der Waals surface area contributed by atoms with Crippen LogP contribution < -0.4 is 4.90 Å². The first-order chi connectivity index (χ1) is 22.2. The van der Waals surface area contributed by atoms with Crippen molar-refractivity contribution >= 4 is 17.3 Å². The molecule has 1 fully saturated rings. The highest BCUT2D eigenvalue weighted by atomic mass is 19.1. The third-order valence-electron chi connectivity index (χ3n) is 8.75. The van der Waals surface area contributed by atoms with Gasteiger partial charge in [-0.3, -0.25) is 10.2 Å². The fraction of sp³-hybridized carbons (Fsp3) is 0.366. The molecule has 4 aromatic rings. The van der Waals surface area contributed by atoms with Crippen molar-refractivity contribution in [3.63, 3.8) is 0 Å². The number of carbonyl (C=O) groups is 1. The van der Waals surface area contributed by atoms with Gasteiger partial charge in [-0.15, -0.1) is 0 Å². The Kier molecular flexibility index (Phi) is 13.7. The van der Waals surface area contributed by atoms with Crippen LogP contribution >= 0.6 is 0 Å². The van der Waals surface area contributed by atoms with E-state index in [1.54, 1.807) is 12.1 Å². The highest BCUT2D eigenvalue weighted by Crippen LogP contribution is 2.32. The number of carbonyl (C=O) groups excluding carboxylic acids is 1. The molecule has 5 rings (SSSR count). The average Bonchev–Trinajstić information content (AvgIpc) is 3.09. The fourth-order valence-electron chi connectivity index (χ4n) is 6.14. The number of para-hydroxylation sites is 1. The summed E-state index contributed by atoms with van der Waals surface area (Å²) in [6, 6.07) is 29.1. The summed E-state index contributed by atoms with van der Waals surface area (Å²) in [5.41, 5.74) is 8.27. The zero-order valence-corrected chi connectivity index (χ0v) is 29.0. The Morgan fingerprint density at radius 3 is 2.07 bits per heavy atom. The Labute approximate surface area is 276 Å². The standard InChI is InChI=1S/C37H40FN3O.2C2H6/c1-25-12-14-31(15-13-25)36(39)34-17-16-32(22-27(34)3)37(42)40-20-18-30(19-21-40)28(4)41(35-11-6-5-8-26(35)2)24-29-9-7-10-33(38)23-29;2*1-2/h5-17,22-23,28,30,39H,18-21,24H2,1-4H3;2*1-2H3. The van der Waals surface area contributed by atoms with Crippen molar-refractivity contribution in [2.45, 2.75) is 80.8 Å². The summed E-state index contributed by atoms with van der Waals surface area (Å²) in [6.45, 7) is 18.4. The van der Waals surface area contributed by atoms with E-state index in [0.29, 0.717) is 36.8 Å². The van der Waals surface area contributed by atoms with E-state index in [1.165, 1.54) is 17.3 Å². The molecule has 4 nitrogen and oxygen atoms in total. The van der Waals surface area contributed by atoms with Crippen LogP contribution in [-0.4, -0.2) is 35.7 Å². The van der Waals surface area contributed by atoms with Gasteiger partial charge in [-0.05, 0) is 93.5 Å². The number of rotatable bonds is 8. The molecule has 1 aliphatic heterocycles. The number of piperidine rings is 1. The minimum absolute atomic E-state index is 0.0492. The topological polar surface area (TPSA) is 47.4 Å². The maximum absolute atomic E-state index is 14.0. The molecule has 0 radical (unpaired) electrons. The minimum atomic E-state index is -0.216. The van der Waals surface area contributed by atoms with Gasteiger partial charge in [-0.25, -0.2) is 4.39 Å². The van der Waals surface area contributed by atoms with Gasteiger partial charge in [0.05, 0.1) is 5.71 Å². The number of anilines is 1. The maximum atomic E-state index is 14.0. The van der Waals surface area contributed by atoms with Crippen LogP contribution in [0, 0.1) is 37.9 Å². The summed E-state index contributed by atoms with van der Waals surface area (Å²) < 4.78 is 14.0. The van der Waals surface area contributed by atoms with E-state index < -0.39 is 0 Å². The number of likely N-dealkylation sites (tertiary alicyclic amines) is 1. The average molecular weight is 622 g/mol. The molecule has 1 saturated heterocycles. The van der Waals surface area contributed by atoms with Crippen LogP contribution in [-0.2, 0) is 6.54 Å². The summed E-state index contributed by atoms with van der Waals surface area (Å²) in [5.74, 6) is 0.237. The normalized spacial score (nSPS) is 13.5. The molecule has 244 valence electrons. The van der Waals surface area contributed by atoms with Crippen LogP contribution in [0.4, 0.5) is 10.1 Å². The van der Waals surface area contributed by atoms with Gasteiger partial charge in [-0.1, -0.05) is 93.9 Å². The Bertz CT molecular complexity index is 1570. The van der Waals surface area contributed by atoms with Gasteiger partial charge < -0.3 is 9.80 Å². The second-order valence-electron chi connectivity index (χ2n) is 11.7. The van der Waals surface area contributed by atoms with Crippen molar-refractivity contribution in [1.82, 2.24) is 4.90 Å². The lowest BCUT2D eigenvalue weighted by atomic mass is 9.88. The van der Waals surface area contributed by atoms with Gasteiger partial charge in [0.15, 0.2) is 0 Å². The van der Waals surface area contributed by atoms with E-state index in [1.807, 2.05) is 101 Å². The van der Waals surface area contributed by atoms with Crippen LogP contribution in [0.5, 0.6) is 0 Å². The lowest BCUT2D eigenvalue weighted by molar-refractivity contribution is 0.0679. The van der Waals surface area contributed by atoms with Crippen LogP contribution in [0.3, 0.4) is 0 Å². The van der Waals surface area contributed by atoms with Crippen LogP contribution in [0.15, 0.2) is 91.0 Å². The second kappa shape index (κ2) is 17.4. The molecule has 1 atom stereocenters. The van der Waals surface area contributed by atoms with E-state index in [2.05, 4.69) is 36.9 Å². The predicted octanol–water partition coefficient (Wildman–Crippen LogP) is 10.2. The smallest absolute Gasteiger partial charge is 0.253 e. The van der Waals surface area contributed by atoms with Gasteiger partial charge in [0.25, 0.3) is 5.91 Å². The lowest BCUT2D eigenvalue weighted by Crippen LogP contribution is -2.46. The van der Waals surface area contributed by atoms with Crippen LogP contribution in [0.1, 0.15) is 91.2 Å². The summed E-state index contributed by atoms with van der Waals surface area (Å²) in [7, 11) is 0. The van der Waals surface area contributed by atoms with Crippen molar-refractivity contribution < 1.29 is 9.18 Å². The van der Waals surface area contributed by atoms with Crippen LogP contribution in [0.2, 0.25) is 0 Å². The van der Waals surface area contributed by atoms with Crippen molar-refractivity contribution in [1.29, 1.82) is 5.41 Å². The van der Waals surface area contributed by atoms with Gasteiger partial charge in [-0.2, -0.15) is 0 Å². The summed E-state index contributed by atoms with van der Waals surface area (Å²) in [5, 5.41) is 8.69. The van der Waals surface area contributed by atoms with E-state index in [-0.39, 0.29) is 17.8 Å². The van der Waals surface area contributed by atoms with Gasteiger partial charge in [0, 0.05) is 48.1 Å². The van der Waals surface area contributed by atoms with Gasteiger partial charge in [0.2, 0.25) is 0 Å². The quantitative estimate of drug-likeness (QED) is 0.199. The molecule has 46 heavy (non-hydrogen) atoms. The highest BCUT2D eigenvalue weighted by molar-refractivity contribution is 6.12. The molecule has 1 unspecified atom stereocenters. The SMILES string of the molecule is CC.CC.Cc1ccc(C(=N)c2ccc(C(=O)N3CCC(C(C)N(Cc4cccc(F)c4)c4ccccc4C)CC3)cc2C)cc1. The van der Waals surface area contributed by atoms with E-state index >= 15 is 0 Å². The number of hydrogen-bond donors (Lipinski definition) is 1. The third-order valence-corrected chi connectivity index (χ3v) is 8.75. The van der Waals surface area contributed by atoms with E-state index in [9.17, 15) is 9.18 Å². The molecule has 4 aromatic carbocycles.